The Hall–Kier alpha value is -6.06. The maximum Gasteiger partial charge on any atom is 0.138 e. The van der Waals surface area contributed by atoms with Gasteiger partial charge in [0, 0.05) is 23.3 Å². The summed E-state index contributed by atoms with van der Waals surface area (Å²) in [5, 5.41) is 7.16. The van der Waals surface area contributed by atoms with Gasteiger partial charge >= 0.3 is 0 Å². The summed E-state index contributed by atoms with van der Waals surface area (Å²) < 4.78 is 2.18. The van der Waals surface area contributed by atoms with Gasteiger partial charge < -0.3 is 0 Å². The van der Waals surface area contributed by atoms with E-state index in [-0.39, 0.29) is 0 Å². The van der Waals surface area contributed by atoms with E-state index in [0.717, 1.165) is 39.1 Å². The molecule has 0 N–H and O–H groups in total. The molecule has 0 radical (unpaired) electrons. The van der Waals surface area contributed by atoms with Crippen molar-refractivity contribution in [1.29, 1.82) is 0 Å². The van der Waals surface area contributed by atoms with Crippen LogP contribution in [0.2, 0.25) is 0 Å². The van der Waals surface area contributed by atoms with Crippen LogP contribution in [0, 0.1) is 0 Å². The summed E-state index contributed by atoms with van der Waals surface area (Å²) in [6.45, 7) is 0. The molecule has 45 heavy (non-hydrogen) atoms. The first-order valence-corrected chi connectivity index (χ1v) is 15.2. The minimum Gasteiger partial charge on any atom is -0.299 e. The van der Waals surface area contributed by atoms with E-state index < -0.39 is 0 Å². The lowest BCUT2D eigenvalue weighted by atomic mass is 9.91. The van der Waals surface area contributed by atoms with E-state index in [4.69, 9.17) is 9.97 Å². The fourth-order valence-electron chi connectivity index (χ4n) is 6.73. The summed E-state index contributed by atoms with van der Waals surface area (Å²) in [6, 6.07) is 54.0. The molecule has 3 heteroatoms. The van der Waals surface area contributed by atoms with Gasteiger partial charge in [0.05, 0.1) is 11.4 Å². The quantitative estimate of drug-likeness (QED) is 0.210. The standard InChI is InChI=1S/C42H27N3/c1-2-10-28(11-3-1)34-21-22-35(38-15-7-6-14-37(34)38)32-19-17-31-27-33(20-18-30(31)26-32)42-41(44-39-16-8-9-25-45(39)42)40-36-13-5-4-12-29(36)23-24-43-40/h1-27H. The summed E-state index contributed by atoms with van der Waals surface area (Å²) in [5.74, 6) is 0. The molecule has 0 unspecified atom stereocenters. The van der Waals surface area contributed by atoms with Gasteiger partial charge in [0.25, 0.3) is 0 Å². The Labute approximate surface area is 260 Å². The molecule has 0 atom stereocenters. The van der Waals surface area contributed by atoms with E-state index in [1.165, 1.54) is 43.8 Å². The molecule has 0 aliphatic rings. The fourth-order valence-corrected chi connectivity index (χ4v) is 6.73. The van der Waals surface area contributed by atoms with Crippen molar-refractivity contribution in [2.75, 3.05) is 0 Å². The average Bonchev–Trinajstić information content (AvgIpc) is 3.50. The maximum absolute atomic E-state index is 5.10. The lowest BCUT2D eigenvalue weighted by molar-refractivity contribution is 1.19. The van der Waals surface area contributed by atoms with Gasteiger partial charge in [-0.25, -0.2) is 4.98 Å². The molecule has 0 fully saturated rings. The highest BCUT2D eigenvalue weighted by Crippen LogP contribution is 2.39. The van der Waals surface area contributed by atoms with Crippen LogP contribution in [0.3, 0.4) is 0 Å². The number of hydrogen-bond donors (Lipinski definition) is 0. The molecule has 210 valence electrons. The molecule has 0 bridgehead atoms. The number of benzene rings is 6. The summed E-state index contributed by atoms with van der Waals surface area (Å²) in [7, 11) is 0. The van der Waals surface area contributed by atoms with Gasteiger partial charge in [0.1, 0.15) is 11.3 Å². The lowest BCUT2D eigenvalue weighted by Gasteiger charge is -2.13. The highest BCUT2D eigenvalue weighted by molar-refractivity contribution is 6.06. The van der Waals surface area contributed by atoms with Gasteiger partial charge in [-0.15, -0.1) is 0 Å². The van der Waals surface area contributed by atoms with Gasteiger partial charge in [0.15, 0.2) is 0 Å². The monoisotopic (exact) mass is 573 g/mol. The van der Waals surface area contributed by atoms with Crippen LogP contribution in [0.15, 0.2) is 164 Å². The predicted molar refractivity (Wildman–Crippen MR) is 187 cm³/mol. The van der Waals surface area contributed by atoms with E-state index in [9.17, 15) is 0 Å². The molecule has 0 saturated carbocycles. The topological polar surface area (TPSA) is 30.2 Å². The lowest BCUT2D eigenvalue weighted by Crippen LogP contribution is -1.92. The summed E-state index contributed by atoms with van der Waals surface area (Å²) in [4.78, 5) is 9.94. The molecule has 9 rings (SSSR count). The number of nitrogens with zero attached hydrogens (tertiary/aromatic N) is 3. The molecule has 0 aliphatic carbocycles. The van der Waals surface area contributed by atoms with Gasteiger partial charge in [-0.1, -0.05) is 121 Å². The Morgan fingerprint density at radius 3 is 1.87 bits per heavy atom. The zero-order valence-electron chi connectivity index (χ0n) is 24.4. The van der Waals surface area contributed by atoms with Crippen LogP contribution in [0.5, 0.6) is 0 Å². The second-order valence-corrected chi connectivity index (χ2v) is 11.5. The van der Waals surface area contributed by atoms with E-state index in [0.29, 0.717) is 0 Å². The van der Waals surface area contributed by atoms with Gasteiger partial charge in [-0.2, -0.15) is 0 Å². The van der Waals surface area contributed by atoms with E-state index in [1.54, 1.807) is 0 Å². The second kappa shape index (κ2) is 10.3. The van der Waals surface area contributed by atoms with Crippen LogP contribution >= 0.6 is 0 Å². The van der Waals surface area contributed by atoms with E-state index in [1.807, 2.05) is 12.3 Å². The summed E-state index contributed by atoms with van der Waals surface area (Å²) in [6.07, 6.45) is 3.97. The molecule has 3 nitrogen and oxygen atoms in total. The summed E-state index contributed by atoms with van der Waals surface area (Å²) >= 11 is 0. The van der Waals surface area contributed by atoms with E-state index >= 15 is 0 Å². The first kappa shape index (κ1) is 25.4. The minimum absolute atomic E-state index is 0.888. The molecule has 0 aliphatic heterocycles. The number of aromatic nitrogens is 3. The number of imidazole rings is 1. The molecule has 6 aromatic carbocycles. The van der Waals surface area contributed by atoms with Crippen molar-refractivity contribution >= 4 is 38.0 Å². The Balaban J connectivity index is 1.19. The van der Waals surface area contributed by atoms with Gasteiger partial charge in [-0.3, -0.25) is 9.38 Å². The molecule has 0 amide bonds. The highest BCUT2D eigenvalue weighted by atomic mass is 15.0. The van der Waals surface area contributed by atoms with Crippen LogP contribution in [0.25, 0.3) is 82.9 Å². The number of hydrogen-bond acceptors (Lipinski definition) is 2. The van der Waals surface area contributed by atoms with Crippen LogP contribution in [0.1, 0.15) is 0 Å². The Morgan fingerprint density at radius 2 is 1.07 bits per heavy atom. The third-order valence-corrected chi connectivity index (χ3v) is 8.86. The first-order chi connectivity index (χ1) is 22.3. The maximum atomic E-state index is 5.10. The van der Waals surface area contributed by atoms with Crippen LogP contribution in [-0.4, -0.2) is 14.4 Å². The van der Waals surface area contributed by atoms with Crippen molar-refractivity contribution in [1.82, 2.24) is 14.4 Å². The molecule has 0 saturated heterocycles. The zero-order valence-corrected chi connectivity index (χ0v) is 24.4. The summed E-state index contributed by atoms with van der Waals surface area (Å²) in [5.41, 5.74) is 9.77. The Bertz CT molecular complexity index is 2540. The minimum atomic E-state index is 0.888. The van der Waals surface area contributed by atoms with Crippen molar-refractivity contribution in [3.05, 3.63) is 164 Å². The molecule has 3 heterocycles. The molecular weight excluding hydrogens is 546 g/mol. The van der Waals surface area contributed by atoms with Crippen LogP contribution in [0.4, 0.5) is 0 Å². The van der Waals surface area contributed by atoms with Crippen LogP contribution < -0.4 is 0 Å². The number of fused-ring (bicyclic) bond motifs is 4. The average molecular weight is 574 g/mol. The van der Waals surface area contributed by atoms with Crippen LogP contribution in [-0.2, 0) is 0 Å². The largest absolute Gasteiger partial charge is 0.299 e. The molecule has 9 aromatic rings. The van der Waals surface area contributed by atoms with Crippen molar-refractivity contribution in [2.45, 2.75) is 0 Å². The smallest absolute Gasteiger partial charge is 0.138 e. The fraction of sp³-hybridized carbons (Fsp3) is 0. The third-order valence-electron chi connectivity index (χ3n) is 8.86. The van der Waals surface area contributed by atoms with Crippen molar-refractivity contribution < 1.29 is 0 Å². The normalized spacial score (nSPS) is 11.6. The third kappa shape index (κ3) is 4.21. The van der Waals surface area contributed by atoms with E-state index in [2.05, 4.69) is 156 Å². The zero-order chi connectivity index (χ0) is 29.7. The number of pyridine rings is 2. The van der Waals surface area contributed by atoms with Crippen molar-refractivity contribution in [3.8, 4) is 44.9 Å². The predicted octanol–water partition coefficient (Wildman–Crippen LogP) is 10.9. The molecule has 3 aromatic heterocycles. The molecule has 0 spiro atoms. The second-order valence-electron chi connectivity index (χ2n) is 11.5. The number of rotatable bonds is 4. The van der Waals surface area contributed by atoms with Crippen molar-refractivity contribution in [3.63, 3.8) is 0 Å². The first-order valence-electron chi connectivity index (χ1n) is 15.2. The Morgan fingerprint density at radius 1 is 0.422 bits per heavy atom. The van der Waals surface area contributed by atoms with Gasteiger partial charge in [-0.05, 0) is 79.5 Å². The van der Waals surface area contributed by atoms with Gasteiger partial charge in [0.2, 0.25) is 0 Å². The Kier molecular flexibility index (Phi) is 5.82. The SMILES string of the molecule is c1ccc(-c2ccc(-c3ccc4cc(-c5c(-c6nccc7ccccc67)nc6ccccn56)ccc4c3)c3ccccc23)cc1. The van der Waals surface area contributed by atoms with Crippen molar-refractivity contribution in [2.24, 2.45) is 0 Å². The molecular formula is C42H27N3. The highest BCUT2D eigenvalue weighted by Gasteiger charge is 2.19.